The van der Waals surface area contributed by atoms with Crippen LogP contribution in [0.4, 0.5) is 0 Å². The van der Waals surface area contributed by atoms with Gasteiger partial charge in [-0.2, -0.15) is 23.5 Å². The number of hydrogen-bond donors (Lipinski definition) is 0. The van der Waals surface area contributed by atoms with Crippen molar-refractivity contribution in [3.05, 3.63) is 35.4 Å². The minimum atomic E-state index is 1.21. The maximum absolute atomic E-state index is 2.26. The smallest absolute Gasteiger partial charge is 0.0187 e. The van der Waals surface area contributed by atoms with Crippen molar-refractivity contribution in [3.8, 4) is 0 Å². The van der Waals surface area contributed by atoms with Crippen molar-refractivity contribution in [2.75, 3.05) is 11.5 Å². The van der Waals surface area contributed by atoms with Crippen molar-refractivity contribution in [1.82, 2.24) is 0 Å². The summed E-state index contributed by atoms with van der Waals surface area (Å²) in [5.74, 6) is 5.02. The van der Waals surface area contributed by atoms with Crippen molar-refractivity contribution < 1.29 is 0 Å². The molecule has 0 amide bonds. The van der Waals surface area contributed by atoms with Gasteiger partial charge in [-0.3, -0.25) is 0 Å². The van der Waals surface area contributed by atoms with E-state index in [1.165, 1.54) is 34.1 Å². The van der Waals surface area contributed by atoms with E-state index in [1.807, 2.05) is 0 Å². The molecular formula is C10H12S2. The molecule has 2 rings (SSSR count). The van der Waals surface area contributed by atoms with Crippen molar-refractivity contribution in [3.63, 3.8) is 0 Å². The molecule has 0 aromatic heterocycles. The topological polar surface area (TPSA) is 0 Å². The van der Waals surface area contributed by atoms with Crippen LogP contribution in [0.25, 0.3) is 0 Å². The van der Waals surface area contributed by atoms with Crippen LogP contribution in [0.15, 0.2) is 24.3 Å². The zero-order chi connectivity index (χ0) is 8.23. The summed E-state index contributed by atoms with van der Waals surface area (Å²) in [5, 5.41) is 0. The zero-order valence-electron chi connectivity index (χ0n) is 6.95. The van der Waals surface area contributed by atoms with E-state index in [4.69, 9.17) is 0 Å². The number of benzene rings is 1. The van der Waals surface area contributed by atoms with Crippen molar-refractivity contribution in [2.45, 2.75) is 11.5 Å². The Labute approximate surface area is 82.1 Å². The van der Waals surface area contributed by atoms with Crippen LogP contribution in [0, 0.1) is 0 Å². The number of thioether (sulfide) groups is 2. The highest BCUT2D eigenvalue weighted by Crippen LogP contribution is 2.24. The summed E-state index contributed by atoms with van der Waals surface area (Å²) in [6, 6.07) is 8.81. The lowest BCUT2D eigenvalue weighted by Crippen LogP contribution is -1.96. The van der Waals surface area contributed by atoms with Gasteiger partial charge in [0.15, 0.2) is 0 Å². The molecule has 0 radical (unpaired) electrons. The summed E-state index contributed by atoms with van der Waals surface area (Å²) in [6.45, 7) is 0. The Bertz CT molecular complexity index is 231. The molecule has 12 heavy (non-hydrogen) atoms. The average molecular weight is 196 g/mol. The lowest BCUT2D eigenvalue weighted by Gasteiger charge is -2.12. The van der Waals surface area contributed by atoms with Gasteiger partial charge in [-0.15, -0.1) is 0 Å². The van der Waals surface area contributed by atoms with Crippen LogP contribution < -0.4 is 0 Å². The second kappa shape index (κ2) is 4.24. The Hall–Kier alpha value is -0.0800. The number of rotatable bonds is 0. The van der Waals surface area contributed by atoms with E-state index in [-0.39, 0.29) is 0 Å². The molecule has 2 heteroatoms. The predicted molar refractivity (Wildman–Crippen MR) is 58.8 cm³/mol. The predicted octanol–water partition coefficient (Wildman–Crippen LogP) is 3.17. The molecule has 0 N–H and O–H groups in total. The Morgan fingerprint density at radius 3 is 1.83 bits per heavy atom. The molecule has 0 aliphatic carbocycles. The van der Waals surface area contributed by atoms with Gasteiger partial charge in [0.1, 0.15) is 0 Å². The van der Waals surface area contributed by atoms with Gasteiger partial charge in [0.25, 0.3) is 0 Å². The summed E-state index contributed by atoms with van der Waals surface area (Å²) < 4.78 is 0. The zero-order valence-corrected chi connectivity index (χ0v) is 8.59. The SMILES string of the molecule is c1ccc2c(c1)CSCCSC2. The van der Waals surface area contributed by atoms with Crippen molar-refractivity contribution in [2.24, 2.45) is 0 Å². The molecule has 0 atom stereocenters. The first-order chi connectivity index (χ1) is 5.97. The van der Waals surface area contributed by atoms with E-state index in [2.05, 4.69) is 47.8 Å². The van der Waals surface area contributed by atoms with Crippen LogP contribution in [0.2, 0.25) is 0 Å². The van der Waals surface area contributed by atoms with Gasteiger partial charge in [-0.1, -0.05) is 24.3 Å². The van der Waals surface area contributed by atoms with E-state index >= 15 is 0 Å². The van der Waals surface area contributed by atoms with Crippen LogP contribution in [-0.2, 0) is 11.5 Å². The van der Waals surface area contributed by atoms with Crippen LogP contribution in [-0.4, -0.2) is 11.5 Å². The number of fused-ring (bicyclic) bond motifs is 1. The summed E-state index contributed by atoms with van der Waals surface area (Å²) >= 11 is 4.10. The fourth-order valence-corrected chi connectivity index (χ4v) is 3.56. The van der Waals surface area contributed by atoms with Crippen LogP contribution in [0.5, 0.6) is 0 Å². The largest absolute Gasteiger partial charge is 0.156 e. The maximum Gasteiger partial charge on any atom is 0.0187 e. The minimum absolute atomic E-state index is 1.21. The molecular weight excluding hydrogens is 184 g/mol. The molecule has 0 saturated carbocycles. The van der Waals surface area contributed by atoms with Gasteiger partial charge in [-0.25, -0.2) is 0 Å². The lowest BCUT2D eigenvalue weighted by atomic mass is 10.1. The highest BCUT2D eigenvalue weighted by atomic mass is 32.2. The van der Waals surface area contributed by atoms with Crippen molar-refractivity contribution in [1.29, 1.82) is 0 Å². The molecule has 1 aliphatic rings. The first-order valence-electron chi connectivity index (χ1n) is 4.19. The van der Waals surface area contributed by atoms with Gasteiger partial charge in [0.05, 0.1) is 0 Å². The normalized spacial score (nSPS) is 17.7. The monoisotopic (exact) mass is 196 g/mol. The first kappa shape index (κ1) is 8.52. The van der Waals surface area contributed by atoms with Gasteiger partial charge in [0, 0.05) is 23.0 Å². The Kier molecular flexibility index (Phi) is 3.01. The van der Waals surface area contributed by atoms with E-state index in [0.717, 1.165) is 0 Å². The van der Waals surface area contributed by atoms with Gasteiger partial charge in [0.2, 0.25) is 0 Å². The maximum atomic E-state index is 2.26. The summed E-state index contributed by atoms with van der Waals surface area (Å²) in [6.07, 6.45) is 0. The van der Waals surface area contributed by atoms with E-state index in [9.17, 15) is 0 Å². The molecule has 1 heterocycles. The number of hydrogen-bond acceptors (Lipinski definition) is 2. The molecule has 64 valence electrons. The fraction of sp³-hybridized carbons (Fsp3) is 0.400. The Balaban J connectivity index is 2.24. The Morgan fingerprint density at radius 2 is 1.33 bits per heavy atom. The third kappa shape index (κ3) is 1.99. The summed E-state index contributed by atoms with van der Waals surface area (Å²) in [4.78, 5) is 0. The van der Waals surface area contributed by atoms with Crippen molar-refractivity contribution >= 4 is 23.5 Å². The van der Waals surface area contributed by atoms with E-state index in [0.29, 0.717) is 0 Å². The minimum Gasteiger partial charge on any atom is -0.156 e. The standard InChI is InChI=1S/C10H12S2/c1-2-4-10-8-12-6-5-11-7-9(10)3-1/h1-4H,5-8H2. The fourth-order valence-electron chi connectivity index (χ4n) is 1.32. The van der Waals surface area contributed by atoms with Gasteiger partial charge >= 0.3 is 0 Å². The molecule has 0 nitrogen and oxygen atoms in total. The third-order valence-corrected chi connectivity index (χ3v) is 4.28. The average Bonchev–Trinajstić information content (AvgIpc) is 2.06. The highest BCUT2D eigenvalue weighted by molar-refractivity contribution is 8.02. The molecule has 0 spiro atoms. The summed E-state index contributed by atoms with van der Waals surface area (Å²) in [5.41, 5.74) is 3.07. The molecule has 1 aliphatic heterocycles. The quantitative estimate of drug-likeness (QED) is 0.625. The lowest BCUT2D eigenvalue weighted by molar-refractivity contribution is 1.26. The second-order valence-corrected chi connectivity index (χ2v) is 5.08. The second-order valence-electron chi connectivity index (χ2n) is 2.87. The molecule has 0 saturated heterocycles. The third-order valence-electron chi connectivity index (χ3n) is 2.01. The van der Waals surface area contributed by atoms with Crippen LogP contribution >= 0.6 is 23.5 Å². The van der Waals surface area contributed by atoms with Crippen LogP contribution in [0.1, 0.15) is 11.1 Å². The molecule has 0 unspecified atom stereocenters. The van der Waals surface area contributed by atoms with Gasteiger partial charge < -0.3 is 0 Å². The highest BCUT2D eigenvalue weighted by Gasteiger charge is 2.04. The Morgan fingerprint density at radius 1 is 0.833 bits per heavy atom. The van der Waals surface area contributed by atoms with E-state index in [1.54, 1.807) is 0 Å². The van der Waals surface area contributed by atoms with Gasteiger partial charge in [-0.05, 0) is 11.1 Å². The summed E-state index contributed by atoms with van der Waals surface area (Å²) in [7, 11) is 0. The first-order valence-corrected chi connectivity index (χ1v) is 6.50. The van der Waals surface area contributed by atoms with Crippen LogP contribution in [0.3, 0.4) is 0 Å². The molecule has 1 aromatic rings. The molecule has 1 aromatic carbocycles. The van der Waals surface area contributed by atoms with E-state index < -0.39 is 0 Å². The molecule has 0 fully saturated rings. The molecule has 0 bridgehead atoms.